The third kappa shape index (κ3) is 4.47. The highest BCUT2D eigenvalue weighted by Gasteiger charge is 2.36. The van der Waals surface area contributed by atoms with Crippen LogP contribution in [0.1, 0.15) is 24.8 Å². The van der Waals surface area contributed by atoms with E-state index in [0.29, 0.717) is 17.5 Å². The van der Waals surface area contributed by atoms with Crippen LogP contribution in [-0.2, 0) is 9.09 Å². The molecule has 0 aliphatic rings. The normalized spacial score (nSPS) is 14.5. The number of aliphatic hydroxyl groups is 1. The van der Waals surface area contributed by atoms with Crippen molar-refractivity contribution in [2.24, 2.45) is 0 Å². The van der Waals surface area contributed by atoms with E-state index in [2.05, 4.69) is 0 Å². The molecular formula is C20H29N2O3P. The fourth-order valence-corrected chi connectivity index (χ4v) is 4.77. The lowest BCUT2D eigenvalue weighted by Gasteiger charge is -2.25. The molecular weight excluding hydrogens is 347 g/mol. The highest BCUT2D eigenvalue weighted by Crippen LogP contribution is 2.57. The zero-order valence-electron chi connectivity index (χ0n) is 16.2. The largest absolute Gasteiger partial charge is 0.378 e. The number of anilines is 2. The summed E-state index contributed by atoms with van der Waals surface area (Å²) in [6.45, 7) is 2.29. The third-order valence-electron chi connectivity index (χ3n) is 4.24. The average Bonchev–Trinajstić information content (AvgIpc) is 2.65. The van der Waals surface area contributed by atoms with Gasteiger partial charge < -0.3 is 19.4 Å². The Bertz CT molecular complexity index is 743. The van der Waals surface area contributed by atoms with Gasteiger partial charge >= 0.3 is 0 Å². The average molecular weight is 376 g/mol. The number of hydrogen-bond acceptors (Lipinski definition) is 5. The van der Waals surface area contributed by atoms with Crippen LogP contribution in [0.25, 0.3) is 0 Å². The van der Waals surface area contributed by atoms with Crippen LogP contribution in [0.4, 0.5) is 11.4 Å². The zero-order valence-corrected chi connectivity index (χ0v) is 17.1. The topological polar surface area (TPSA) is 53.0 Å². The van der Waals surface area contributed by atoms with Gasteiger partial charge in [-0.3, -0.25) is 4.57 Å². The van der Waals surface area contributed by atoms with Crippen LogP contribution in [-0.4, -0.2) is 39.9 Å². The molecule has 0 spiro atoms. The van der Waals surface area contributed by atoms with Gasteiger partial charge in [0, 0.05) is 44.9 Å². The van der Waals surface area contributed by atoms with Crippen molar-refractivity contribution < 1.29 is 14.2 Å². The van der Waals surface area contributed by atoms with Gasteiger partial charge in [-0.25, -0.2) is 0 Å². The molecule has 2 aromatic rings. The Kier molecular flexibility index (Phi) is 6.87. The van der Waals surface area contributed by atoms with E-state index in [-0.39, 0.29) is 0 Å². The Morgan fingerprint density at radius 2 is 1.38 bits per heavy atom. The highest BCUT2D eigenvalue weighted by molar-refractivity contribution is 7.67. The maximum Gasteiger partial charge on any atom is 0.264 e. The fourth-order valence-electron chi connectivity index (χ4n) is 2.61. The second-order valence-electron chi connectivity index (χ2n) is 6.70. The molecule has 1 N–H and O–H groups in total. The first-order valence-corrected chi connectivity index (χ1v) is 10.5. The molecule has 2 rings (SSSR count). The van der Waals surface area contributed by atoms with Crippen LogP contribution in [0, 0.1) is 0 Å². The van der Waals surface area contributed by atoms with Gasteiger partial charge in [-0.15, -0.1) is 0 Å². The first kappa shape index (κ1) is 20.5. The second-order valence-corrected chi connectivity index (χ2v) is 9.16. The molecule has 0 unspecified atom stereocenters. The first-order chi connectivity index (χ1) is 12.3. The van der Waals surface area contributed by atoms with Crippen molar-refractivity contribution in [2.45, 2.75) is 19.2 Å². The smallest absolute Gasteiger partial charge is 0.264 e. The molecule has 0 aromatic heterocycles. The van der Waals surface area contributed by atoms with Gasteiger partial charge in [0.15, 0.2) is 5.85 Å². The second kappa shape index (κ2) is 8.72. The van der Waals surface area contributed by atoms with E-state index in [1.54, 1.807) is 24.3 Å². The highest BCUT2D eigenvalue weighted by atomic mass is 31.2. The molecule has 0 fully saturated rings. The van der Waals surface area contributed by atoms with Gasteiger partial charge in [-0.05, 0) is 48.4 Å². The molecule has 0 aliphatic heterocycles. The van der Waals surface area contributed by atoms with Crippen LogP contribution in [0.5, 0.6) is 0 Å². The summed E-state index contributed by atoms with van der Waals surface area (Å²) < 4.78 is 19.4. The molecule has 0 aliphatic carbocycles. The van der Waals surface area contributed by atoms with Crippen LogP contribution in [0.15, 0.2) is 48.5 Å². The monoisotopic (exact) mass is 376 g/mol. The van der Waals surface area contributed by atoms with Crippen molar-refractivity contribution in [3.63, 3.8) is 0 Å². The first-order valence-electron chi connectivity index (χ1n) is 8.77. The van der Waals surface area contributed by atoms with Crippen LogP contribution in [0.3, 0.4) is 0 Å². The Morgan fingerprint density at radius 3 is 1.81 bits per heavy atom. The Morgan fingerprint density at radius 1 is 0.923 bits per heavy atom. The molecule has 5 nitrogen and oxygen atoms in total. The van der Waals surface area contributed by atoms with E-state index in [9.17, 15) is 9.67 Å². The Hall–Kier alpha value is -1.81. The standard InChI is InChI=1S/C20H29N2O3P/c1-6-15-25-26(24,19-13-11-18(12-14-19)22(4)5)20(23)16-7-9-17(10-8-16)21(2)3/h7-14,20,23H,6,15H2,1-5H3/t20-,26+/m1/s1. The predicted octanol–water partition coefficient (Wildman–Crippen LogP) is 3.84. The molecule has 142 valence electrons. The molecule has 0 amide bonds. The van der Waals surface area contributed by atoms with Gasteiger partial charge in [0.2, 0.25) is 0 Å². The predicted molar refractivity (Wildman–Crippen MR) is 110 cm³/mol. The maximum absolute atomic E-state index is 13.7. The van der Waals surface area contributed by atoms with Crippen LogP contribution >= 0.6 is 7.37 Å². The molecule has 2 aromatic carbocycles. The van der Waals surface area contributed by atoms with Crippen molar-refractivity contribution in [3.05, 3.63) is 54.1 Å². The van der Waals surface area contributed by atoms with E-state index >= 15 is 0 Å². The summed E-state index contributed by atoms with van der Waals surface area (Å²) in [5, 5.41) is 11.4. The minimum atomic E-state index is -3.47. The van der Waals surface area contributed by atoms with E-state index in [0.717, 1.165) is 17.8 Å². The third-order valence-corrected chi connectivity index (χ3v) is 6.77. The molecule has 0 saturated carbocycles. The van der Waals surface area contributed by atoms with E-state index in [4.69, 9.17) is 4.52 Å². The van der Waals surface area contributed by atoms with Gasteiger partial charge in [0.25, 0.3) is 7.37 Å². The molecule has 26 heavy (non-hydrogen) atoms. The Labute approximate surface area is 156 Å². The van der Waals surface area contributed by atoms with Gasteiger partial charge in [-0.2, -0.15) is 0 Å². The summed E-state index contributed by atoms with van der Waals surface area (Å²) in [7, 11) is 4.33. The molecule has 0 saturated heterocycles. The summed E-state index contributed by atoms with van der Waals surface area (Å²) in [6.07, 6.45) is 0.728. The molecule has 0 radical (unpaired) electrons. The van der Waals surface area contributed by atoms with Gasteiger partial charge in [0.1, 0.15) is 0 Å². The minimum absolute atomic E-state index is 0.333. The summed E-state index contributed by atoms with van der Waals surface area (Å²) in [5.41, 5.74) is 2.60. The zero-order chi connectivity index (χ0) is 19.3. The number of rotatable bonds is 8. The van der Waals surface area contributed by atoms with Crippen molar-refractivity contribution in [1.29, 1.82) is 0 Å². The maximum atomic E-state index is 13.7. The molecule has 0 heterocycles. The van der Waals surface area contributed by atoms with Gasteiger partial charge in [0.05, 0.1) is 6.61 Å². The molecule has 6 heteroatoms. The lowest BCUT2D eigenvalue weighted by Crippen LogP contribution is -2.16. The van der Waals surface area contributed by atoms with Crippen molar-refractivity contribution in [3.8, 4) is 0 Å². The number of benzene rings is 2. The SMILES string of the molecule is CCCO[P@@](=O)(c1ccc(N(C)C)cc1)[C@@H](O)c1ccc(N(C)C)cc1. The summed E-state index contributed by atoms with van der Waals surface area (Å²) in [4.78, 5) is 3.95. The minimum Gasteiger partial charge on any atom is -0.378 e. The van der Waals surface area contributed by atoms with Crippen molar-refractivity contribution >= 4 is 24.0 Å². The number of aliphatic hydroxyl groups excluding tert-OH is 1. The number of hydrogen-bond donors (Lipinski definition) is 1. The van der Waals surface area contributed by atoms with E-state index < -0.39 is 13.2 Å². The fraction of sp³-hybridized carbons (Fsp3) is 0.400. The molecule has 0 bridgehead atoms. The number of nitrogens with zero attached hydrogens (tertiary/aromatic N) is 2. The summed E-state index contributed by atoms with van der Waals surface area (Å²) in [5.74, 6) is -1.20. The van der Waals surface area contributed by atoms with Gasteiger partial charge in [-0.1, -0.05) is 19.1 Å². The lowest BCUT2D eigenvalue weighted by molar-refractivity contribution is 0.214. The molecule has 2 atom stereocenters. The lowest BCUT2D eigenvalue weighted by atomic mass is 10.2. The van der Waals surface area contributed by atoms with Crippen LogP contribution in [0.2, 0.25) is 0 Å². The van der Waals surface area contributed by atoms with E-state index in [1.807, 2.05) is 69.2 Å². The van der Waals surface area contributed by atoms with Crippen molar-refractivity contribution in [2.75, 3.05) is 44.6 Å². The van der Waals surface area contributed by atoms with Crippen molar-refractivity contribution in [1.82, 2.24) is 0 Å². The van der Waals surface area contributed by atoms with E-state index in [1.165, 1.54) is 0 Å². The summed E-state index contributed by atoms with van der Waals surface area (Å²) >= 11 is 0. The van der Waals surface area contributed by atoms with Crippen LogP contribution < -0.4 is 15.1 Å². The quantitative estimate of drug-likeness (QED) is 0.710. The Balaban J connectivity index is 2.39. The summed E-state index contributed by atoms with van der Waals surface area (Å²) in [6, 6.07) is 14.7.